The summed E-state index contributed by atoms with van der Waals surface area (Å²) in [4.78, 5) is 0. The Morgan fingerprint density at radius 3 is 2.03 bits per heavy atom. The van der Waals surface area contributed by atoms with Gasteiger partial charge in [-0.15, -0.1) is 0 Å². The summed E-state index contributed by atoms with van der Waals surface area (Å²) >= 11 is 2.59. The van der Waals surface area contributed by atoms with Crippen LogP contribution in [0.1, 0.15) is 125 Å². The molecule has 2 heteroatoms. The number of alkyl halides is 1. The van der Waals surface area contributed by atoms with Gasteiger partial charge in [-0.3, -0.25) is 0 Å². The van der Waals surface area contributed by atoms with E-state index >= 15 is 0 Å². The van der Waals surface area contributed by atoms with Crippen LogP contribution in [0.2, 0.25) is 0 Å². The van der Waals surface area contributed by atoms with Crippen LogP contribution in [-0.4, -0.2) is 15.1 Å². The van der Waals surface area contributed by atoms with Crippen LogP contribution in [0, 0.1) is 41.4 Å². The summed E-state index contributed by atoms with van der Waals surface area (Å²) in [5.41, 5.74) is 0. The standard InChI is InChI=1S/C28H53IO/c1-20(2)26(19-28(30)25-14-16-27(29)17-15-25)11-7-9-23(5)22(4)8-6-10-24-13-12-21(3)18-24/h20-28,30H,6-19H2,1-5H3/t21-,22?,23-,24?,25?,26+,27?,28?/m1/s1. The van der Waals surface area contributed by atoms with E-state index < -0.39 is 0 Å². The summed E-state index contributed by atoms with van der Waals surface area (Å²) in [6, 6.07) is 0. The van der Waals surface area contributed by atoms with Gasteiger partial charge in [0.05, 0.1) is 6.10 Å². The molecule has 0 heterocycles. The van der Waals surface area contributed by atoms with Crippen LogP contribution in [0.5, 0.6) is 0 Å². The maximum absolute atomic E-state index is 10.9. The van der Waals surface area contributed by atoms with E-state index in [9.17, 15) is 5.11 Å². The van der Waals surface area contributed by atoms with Gasteiger partial charge in [0.2, 0.25) is 0 Å². The fourth-order valence-electron chi connectivity index (χ4n) is 6.28. The van der Waals surface area contributed by atoms with Crippen molar-refractivity contribution in [3.05, 3.63) is 0 Å². The van der Waals surface area contributed by atoms with Gasteiger partial charge in [-0.25, -0.2) is 0 Å². The molecule has 0 radical (unpaired) electrons. The largest absolute Gasteiger partial charge is 0.393 e. The fraction of sp³-hybridized carbons (Fsp3) is 1.00. The number of halogens is 1. The molecule has 2 fully saturated rings. The van der Waals surface area contributed by atoms with Gasteiger partial charge < -0.3 is 5.11 Å². The Bertz CT molecular complexity index is 442. The van der Waals surface area contributed by atoms with Crippen molar-refractivity contribution in [3.63, 3.8) is 0 Å². The van der Waals surface area contributed by atoms with Gasteiger partial charge >= 0.3 is 0 Å². The zero-order valence-corrected chi connectivity index (χ0v) is 23.1. The smallest absolute Gasteiger partial charge is 0.0571 e. The minimum Gasteiger partial charge on any atom is -0.393 e. The maximum Gasteiger partial charge on any atom is 0.0571 e. The van der Waals surface area contributed by atoms with Crippen molar-refractivity contribution >= 4 is 22.6 Å². The van der Waals surface area contributed by atoms with Crippen LogP contribution in [0.4, 0.5) is 0 Å². The first-order chi connectivity index (χ1) is 14.3. The molecule has 6 atom stereocenters. The first kappa shape index (κ1) is 26.9. The lowest BCUT2D eigenvalue weighted by Gasteiger charge is -2.32. The van der Waals surface area contributed by atoms with E-state index in [4.69, 9.17) is 0 Å². The molecule has 0 saturated heterocycles. The molecule has 1 N–H and O–H groups in total. The van der Waals surface area contributed by atoms with Gasteiger partial charge in [-0.05, 0) is 80.0 Å². The molecular weight excluding hydrogens is 479 g/mol. The Hall–Kier alpha value is 0.690. The van der Waals surface area contributed by atoms with E-state index in [1.807, 2.05) is 0 Å². The third kappa shape index (κ3) is 9.67. The molecular formula is C28H53IO. The first-order valence-electron chi connectivity index (χ1n) is 13.6. The second-order valence-corrected chi connectivity index (χ2v) is 13.7. The Morgan fingerprint density at radius 2 is 1.47 bits per heavy atom. The number of rotatable bonds is 13. The maximum atomic E-state index is 10.9. The number of aliphatic hydroxyl groups is 1. The van der Waals surface area contributed by atoms with Gasteiger partial charge in [-0.1, -0.05) is 109 Å². The van der Waals surface area contributed by atoms with E-state index in [0.29, 0.717) is 17.8 Å². The Morgan fingerprint density at radius 1 is 0.833 bits per heavy atom. The summed E-state index contributed by atoms with van der Waals surface area (Å²) in [7, 11) is 0. The van der Waals surface area contributed by atoms with Crippen LogP contribution < -0.4 is 0 Å². The summed E-state index contributed by atoms with van der Waals surface area (Å²) < 4.78 is 0.845. The minimum absolute atomic E-state index is 0.0593. The second kappa shape index (κ2) is 14.1. The van der Waals surface area contributed by atoms with Crippen molar-refractivity contribution in [2.24, 2.45) is 41.4 Å². The average molecular weight is 533 g/mol. The molecule has 178 valence electrons. The topological polar surface area (TPSA) is 20.2 Å². The molecule has 2 aliphatic carbocycles. The van der Waals surface area contributed by atoms with E-state index in [0.717, 1.165) is 34.0 Å². The SMILES string of the molecule is CC(C)[C@@H](CCC[C@@H](C)C(C)CCCC1CC[C@@H](C)C1)CC(O)C1CCC(I)CC1. The Kier molecular flexibility index (Phi) is 12.6. The van der Waals surface area contributed by atoms with Crippen molar-refractivity contribution in [2.75, 3.05) is 0 Å². The molecule has 0 aromatic rings. The quantitative estimate of drug-likeness (QED) is 0.185. The van der Waals surface area contributed by atoms with Crippen LogP contribution >= 0.6 is 22.6 Å². The molecule has 3 unspecified atom stereocenters. The highest BCUT2D eigenvalue weighted by atomic mass is 127. The lowest BCUT2D eigenvalue weighted by Crippen LogP contribution is -2.29. The normalized spacial score (nSPS) is 31.6. The number of aliphatic hydroxyl groups excluding tert-OH is 1. The van der Waals surface area contributed by atoms with Crippen molar-refractivity contribution in [1.82, 2.24) is 0 Å². The molecule has 0 aromatic carbocycles. The van der Waals surface area contributed by atoms with Gasteiger partial charge in [0.25, 0.3) is 0 Å². The summed E-state index contributed by atoms with van der Waals surface area (Å²) in [5.74, 6) is 5.71. The zero-order valence-electron chi connectivity index (χ0n) is 20.9. The van der Waals surface area contributed by atoms with Gasteiger partial charge in [0.1, 0.15) is 0 Å². The lowest BCUT2D eigenvalue weighted by molar-refractivity contribution is 0.0537. The molecule has 2 rings (SSSR count). The average Bonchev–Trinajstić information content (AvgIpc) is 3.12. The first-order valence-corrected chi connectivity index (χ1v) is 14.8. The summed E-state index contributed by atoms with van der Waals surface area (Å²) in [5, 5.41) is 10.9. The molecule has 2 saturated carbocycles. The Balaban J connectivity index is 1.62. The van der Waals surface area contributed by atoms with E-state index in [1.54, 1.807) is 0 Å². The van der Waals surface area contributed by atoms with Crippen molar-refractivity contribution in [2.45, 2.75) is 135 Å². The van der Waals surface area contributed by atoms with Crippen molar-refractivity contribution in [1.29, 1.82) is 0 Å². The van der Waals surface area contributed by atoms with E-state index in [-0.39, 0.29) is 6.10 Å². The van der Waals surface area contributed by atoms with Crippen LogP contribution in [0.25, 0.3) is 0 Å². The highest BCUT2D eigenvalue weighted by molar-refractivity contribution is 14.1. The molecule has 2 aliphatic rings. The van der Waals surface area contributed by atoms with Gasteiger partial charge in [0.15, 0.2) is 0 Å². The zero-order chi connectivity index (χ0) is 22.1. The Labute approximate surface area is 203 Å². The number of hydrogen-bond acceptors (Lipinski definition) is 1. The predicted molar refractivity (Wildman–Crippen MR) is 141 cm³/mol. The molecule has 0 amide bonds. The molecule has 0 spiro atoms. The number of hydrogen-bond donors (Lipinski definition) is 1. The molecule has 0 aromatic heterocycles. The van der Waals surface area contributed by atoms with Gasteiger partial charge in [-0.2, -0.15) is 0 Å². The third-order valence-corrected chi connectivity index (χ3v) is 10.3. The monoisotopic (exact) mass is 532 g/mol. The summed E-state index contributed by atoms with van der Waals surface area (Å²) in [6.07, 6.45) is 18.9. The van der Waals surface area contributed by atoms with Crippen LogP contribution in [-0.2, 0) is 0 Å². The molecule has 30 heavy (non-hydrogen) atoms. The van der Waals surface area contributed by atoms with Crippen molar-refractivity contribution in [3.8, 4) is 0 Å². The van der Waals surface area contributed by atoms with Crippen LogP contribution in [0.3, 0.4) is 0 Å². The third-order valence-electron chi connectivity index (χ3n) is 9.01. The fourth-order valence-corrected chi connectivity index (χ4v) is 7.00. The van der Waals surface area contributed by atoms with Crippen LogP contribution in [0.15, 0.2) is 0 Å². The molecule has 1 nitrogen and oxygen atoms in total. The predicted octanol–water partition coefficient (Wildman–Crippen LogP) is 9.05. The van der Waals surface area contributed by atoms with Crippen molar-refractivity contribution < 1.29 is 5.11 Å². The van der Waals surface area contributed by atoms with E-state index in [2.05, 4.69) is 57.2 Å². The second-order valence-electron chi connectivity index (χ2n) is 11.9. The minimum atomic E-state index is -0.0593. The molecule has 0 bridgehead atoms. The van der Waals surface area contributed by atoms with E-state index in [1.165, 1.54) is 83.5 Å². The lowest BCUT2D eigenvalue weighted by atomic mass is 9.77. The highest BCUT2D eigenvalue weighted by Gasteiger charge is 2.28. The van der Waals surface area contributed by atoms with Gasteiger partial charge in [0, 0.05) is 3.92 Å². The summed E-state index contributed by atoms with van der Waals surface area (Å²) in [6.45, 7) is 12.2. The molecule has 0 aliphatic heterocycles. The highest BCUT2D eigenvalue weighted by Crippen LogP contribution is 2.36.